The van der Waals surface area contributed by atoms with Crippen molar-refractivity contribution in [2.75, 3.05) is 5.32 Å². The van der Waals surface area contributed by atoms with Crippen molar-refractivity contribution < 1.29 is 14.3 Å². The Kier molecular flexibility index (Phi) is 7.57. The van der Waals surface area contributed by atoms with Crippen molar-refractivity contribution in [1.82, 2.24) is 15.3 Å². The predicted molar refractivity (Wildman–Crippen MR) is 141 cm³/mol. The second-order valence-corrected chi connectivity index (χ2v) is 9.75. The number of nitrogens with zero attached hydrogens (tertiary/aromatic N) is 2. The highest BCUT2D eigenvalue weighted by Crippen LogP contribution is 2.35. The minimum atomic E-state index is -0.745. The van der Waals surface area contributed by atoms with Crippen molar-refractivity contribution in [1.29, 1.82) is 0 Å². The molecule has 178 valence electrons. The van der Waals surface area contributed by atoms with Gasteiger partial charge in [-0.1, -0.05) is 34.1 Å². The molecule has 2 aromatic carbocycles. The van der Waals surface area contributed by atoms with E-state index in [9.17, 15) is 9.59 Å². The number of carbonyl (C=O) groups excluding carboxylic acids is 2. The van der Waals surface area contributed by atoms with Crippen LogP contribution in [0.4, 0.5) is 5.69 Å². The molecule has 9 heteroatoms. The van der Waals surface area contributed by atoms with Crippen molar-refractivity contribution in [3.63, 3.8) is 0 Å². The lowest BCUT2D eigenvalue weighted by Crippen LogP contribution is -2.36. The van der Waals surface area contributed by atoms with Crippen LogP contribution in [0.1, 0.15) is 29.1 Å². The summed E-state index contributed by atoms with van der Waals surface area (Å²) in [5.41, 5.74) is 3.10. The minimum absolute atomic E-state index is 0.376. The van der Waals surface area contributed by atoms with Gasteiger partial charge >= 0.3 is 11.8 Å². The molecule has 0 spiro atoms. The number of hydrogen-bond acceptors (Lipinski definition) is 6. The summed E-state index contributed by atoms with van der Waals surface area (Å²) in [4.78, 5) is 34.7. The first kappa shape index (κ1) is 24.6. The van der Waals surface area contributed by atoms with Gasteiger partial charge in [-0.3, -0.25) is 14.6 Å². The maximum Gasteiger partial charge on any atom is 0.313 e. The Morgan fingerprint density at radius 3 is 2.57 bits per heavy atom. The van der Waals surface area contributed by atoms with Crippen LogP contribution in [0, 0.1) is 13.8 Å². The summed E-state index contributed by atoms with van der Waals surface area (Å²) >= 11 is 5.04. The molecule has 4 rings (SSSR count). The Balaban J connectivity index is 1.39. The molecule has 0 saturated carbocycles. The number of aromatic nitrogens is 2. The molecule has 0 bridgehead atoms. The summed E-state index contributed by atoms with van der Waals surface area (Å²) < 4.78 is 6.76. The smallest absolute Gasteiger partial charge is 0.313 e. The average molecular weight is 551 g/mol. The van der Waals surface area contributed by atoms with Gasteiger partial charge in [-0.2, -0.15) is 0 Å². The first-order valence-corrected chi connectivity index (χ1v) is 12.5. The number of halogens is 1. The third-order valence-electron chi connectivity index (χ3n) is 5.18. The lowest BCUT2D eigenvalue weighted by Gasteiger charge is -2.14. The van der Waals surface area contributed by atoms with E-state index in [4.69, 9.17) is 4.74 Å². The van der Waals surface area contributed by atoms with Gasteiger partial charge in [0.25, 0.3) is 0 Å². The zero-order valence-electron chi connectivity index (χ0n) is 19.3. The number of thiazole rings is 1. The maximum atomic E-state index is 12.6. The van der Waals surface area contributed by atoms with Crippen molar-refractivity contribution >= 4 is 44.8 Å². The van der Waals surface area contributed by atoms with Gasteiger partial charge in [0.2, 0.25) is 0 Å². The molecule has 1 unspecified atom stereocenters. The van der Waals surface area contributed by atoms with Gasteiger partial charge in [0.15, 0.2) is 0 Å². The fourth-order valence-electron chi connectivity index (χ4n) is 3.45. The topological polar surface area (TPSA) is 93.2 Å². The highest BCUT2D eigenvalue weighted by atomic mass is 79.9. The van der Waals surface area contributed by atoms with Crippen LogP contribution in [0.2, 0.25) is 0 Å². The number of nitrogens with one attached hydrogen (secondary N) is 2. The molecular weight excluding hydrogens is 528 g/mol. The van der Waals surface area contributed by atoms with Crippen LogP contribution in [-0.4, -0.2) is 21.8 Å². The highest BCUT2D eigenvalue weighted by molar-refractivity contribution is 9.10. The van der Waals surface area contributed by atoms with Crippen LogP contribution in [0.25, 0.3) is 10.6 Å². The van der Waals surface area contributed by atoms with Gasteiger partial charge in [-0.05, 0) is 62.7 Å². The number of carbonyl (C=O) groups is 2. The van der Waals surface area contributed by atoms with Gasteiger partial charge in [-0.25, -0.2) is 4.98 Å². The van der Waals surface area contributed by atoms with E-state index in [1.165, 1.54) is 11.3 Å². The molecule has 0 aliphatic carbocycles. The Morgan fingerprint density at radius 1 is 1.06 bits per heavy atom. The van der Waals surface area contributed by atoms with Crippen molar-refractivity contribution in [3.8, 4) is 22.1 Å². The fourth-order valence-corrected chi connectivity index (χ4v) is 5.16. The van der Waals surface area contributed by atoms with Crippen LogP contribution < -0.4 is 15.4 Å². The standard InChI is InChI=1S/C26H23BrN4O3S/c1-15-13-18(10-11-22(15)34-19-7-6-12-28-14-19)31-25(33)24(32)29-16(2)23-17(3)30-26(35-23)20-8-4-5-9-21(20)27/h4-14,16H,1-3H3,(H,29,32)(H,31,33). The molecule has 0 aliphatic heterocycles. The number of hydrogen-bond donors (Lipinski definition) is 2. The van der Waals surface area contributed by atoms with Crippen LogP contribution >= 0.6 is 27.3 Å². The monoisotopic (exact) mass is 550 g/mol. The summed E-state index contributed by atoms with van der Waals surface area (Å²) in [6.45, 7) is 5.59. The molecule has 0 radical (unpaired) electrons. The van der Waals surface area contributed by atoms with Crippen LogP contribution in [0.5, 0.6) is 11.5 Å². The molecule has 0 saturated heterocycles. The minimum Gasteiger partial charge on any atom is -0.455 e. The molecule has 4 aromatic rings. The summed E-state index contributed by atoms with van der Waals surface area (Å²) in [6, 6.07) is 16.2. The van der Waals surface area contributed by atoms with Gasteiger partial charge in [0.05, 0.1) is 22.8 Å². The normalized spacial score (nSPS) is 11.5. The third kappa shape index (κ3) is 5.93. The van der Waals surface area contributed by atoms with Crippen molar-refractivity contribution in [2.45, 2.75) is 26.8 Å². The molecule has 0 aliphatic rings. The number of aryl methyl sites for hydroxylation is 2. The molecular formula is C26H23BrN4O3S. The Bertz CT molecular complexity index is 1370. The lowest BCUT2D eigenvalue weighted by atomic mass is 10.2. The van der Waals surface area contributed by atoms with E-state index >= 15 is 0 Å². The van der Waals surface area contributed by atoms with E-state index in [1.807, 2.05) is 45.0 Å². The van der Waals surface area contributed by atoms with Crippen LogP contribution in [-0.2, 0) is 9.59 Å². The van der Waals surface area contributed by atoms with Gasteiger partial charge in [-0.15, -0.1) is 11.3 Å². The summed E-state index contributed by atoms with van der Waals surface area (Å²) in [7, 11) is 0. The molecule has 2 aromatic heterocycles. The summed E-state index contributed by atoms with van der Waals surface area (Å²) in [5, 5.41) is 6.26. The first-order chi connectivity index (χ1) is 16.8. The Labute approximate surface area is 215 Å². The predicted octanol–water partition coefficient (Wildman–Crippen LogP) is 6.19. The number of anilines is 1. The van der Waals surface area contributed by atoms with E-state index in [0.29, 0.717) is 17.2 Å². The SMILES string of the molecule is Cc1cc(NC(=O)C(=O)NC(C)c2sc(-c3ccccc3Br)nc2C)ccc1Oc1cccnc1. The molecule has 2 N–H and O–H groups in total. The van der Waals surface area contributed by atoms with E-state index in [1.54, 1.807) is 42.7 Å². The zero-order chi connectivity index (χ0) is 24.9. The summed E-state index contributed by atoms with van der Waals surface area (Å²) in [6.07, 6.45) is 3.29. The second-order valence-electron chi connectivity index (χ2n) is 7.87. The van der Waals surface area contributed by atoms with E-state index < -0.39 is 11.8 Å². The van der Waals surface area contributed by atoms with Crippen LogP contribution in [0.3, 0.4) is 0 Å². The number of rotatable bonds is 6. The molecule has 1 atom stereocenters. The Morgan fingerprint density at radius 2 is 1.86 bits per heavy atom. The number of benzene rings is 2. The first-order valence-electron chi connectivity index (χ1n) is 10.8. The largest absolute Gasteiger partial charge is 0.455 e. The maximum absolute atomic E-state index is 12.6. The van der Waals surface area contributed by atoms with E-state index in [0.717, 1.165) is 31.2 Å². The average Bonchev–Trinajstić information content (AvgIpc) is 3.23. The van der Waals surface area contributed by atoms with Crippen LogP contribution in [0.15, 0.2) is 71.5 Å². The fraction of sp³-hybridized carbons (Fsp3) is 0.154. The molecule has 2 amide bonds. The van der Waals surface area contributed by atoms with Crippen molar-refractivity contribution in [2.24, 2.45) is 0 Å². The zero-order valence-corrected chi connectivity index (χ0v) is 21.7. The van der Waals surface area contributed by atoms with Gasteiger partial charge in [0.1, 0.15) is 16.5 Å². The second kappa shape index (κ2) is 10.8. The molecule has 35 heavy (non-hydrogen) atoms. The van der Waals surface area contributed by atoms with Gasteiger partial charge in [0, 0.05) is 21.9 Å². The lowest BCUT2D eigenvalue weighted by molar-refractivity contribution is -0.136. The van der Waals surface area contributed by atoms with E-state index in [2.05, 4.69) is 36.5 Å². The Hall–Kier alpha value is -3.56. The van der Waals surface area contributed by atoms with Crippen molar-refractivity contribution in [3.05, 3.63) is 87.6 Å². The van der Waals surface area contributed by atoms with Gasteiger partial charge < -0.3 is 15.4 Å². The molecule has 7 nitrogen and oxygen atoms in total. The van der Waals surface area contributed by atoms with E-state index in [-0.39, 0.29) is 6.04 Å². The molecule has 2 heterocycles. The number of pyridine rings is 1. The quantitative estimate of drug-likeness (QED) is 0.279. The third-order valence-corrected chi connectivity index (χ3v) is 7.24. The molecule has 0 fully saturated rings. The number of ether oxygens (including phenoxy) is 1. The summed E-state index contributed by atoms with van der Waals surface area (Å²) in [5.74, 6) is -0.219. The highest BCUT2D eigenvalue weighted by Gasteiger charge is 2.22. The number of amides is 2.